The molecule has 3 rings (SSSR count). The van der Waals surface area contributed by atoms with Gasteiger partial charge in [0.05, 0.1) is 28.3 Å². The number of nitrogens with zero attached hydrogens (tertiary/aromatic N) is 3. The Morgan fingerprint density at radius 1 is 1.17 bits per heavy atom. The molecule has 2 aromatic carbocycles. The average molecular weight is 469 g/mol. The smallest absolute Gasteiger partial charge is 0.271 e. The number of rotatable bonds is 4. The molecular weight excluding hydrogens is 451 g/mol. The summed E-state index contributed by atoms with van der Waals surface area (Å²) in [7, 11) is 1.47. The van der Waals surface area contributed by atoms with Gasteiger partial charge in [-0.05, 0) is 36.5 Å². The molecule has 8 nitrogen and oxygen atoms in total. The molecule has 1 aliphatic rings. The number of anilines is 1. The number of hydrogen-bond donors (Lipinski definition) is 1. The monoisotopic (exact) mass is 468 g/mol. The van der Waals surface area contributed by atoms with Gasteiger partial charge in [-0.15, -0.1) is 0 Å². The molecule has 0 atom stereocenters. The number of carbonyl (C=O) groups is 1. The Labute approximate surface area is 188 Å². The first kappa shape index (κ1) is 22.1. The maximum absolute atomic E-state index is 12.6. The summed E-state index contributed by atoms with van der Waals surface area (Å²) < 4.78 is 5.21. The van der Waals surface area contributed by atoms with Crippen LogP contribution in [0, 0.1) is 10.1 Å². The molecule has 11 heteroatoms. The van der Waals surface area contributed by atoms with Gasteiger partial charge in [-0.25, -0.2) is 0 Å². The lowest BCUT2D eigenvalue weighted by Gasteiger charge is -2.37. The molecule has 158 valence electrons. The van der Waals surface area contributed by atoms with Gasteiger partial charge in [0, 0.05) is 43.3 Å². The van der Waals surface area contributed by atoms with Crippen LogP contribution in [0.1, 0.15) is 10.4 Å². The summed E-state index contributed by atoms with van der Waals surface area (Å²) in [6.07, 6.45) is 0. The lowest BCUT2D eigenvalue weighted by Crippen LogP contribution is -2.52. The van der Waals surface area contributed by atoms with Gasteiger partial charge in [0.25, 0.3) is 11.6 Å². The molecule has 30 heavy (non-hydrogen) atoms. The van der Waals surface area contributed by atoms with Crippen molar-refractivity contribution in [2.24, 2.45) is 0 Å². The minimum absolute atomic E-state index is 0.0530. The van der Waals surface area contributed by atoms with E-state index in [1.807, 2.05) is 9.80 Å². The van der Waals surface area contributed by atoms with Crippen molar-refractivity contribution in [3.8, 4) is 5.75 Å². The topological polar surface area (TPSA) is 88.0 Å². The van der Waals surface area contributed by atoms with E-state index >= 15 is 0 Å². The van der Waals surface area contributed by atoms with E-state index in [9.17, 15) is 14.9 Å². The Balaban J connectivity index is 1.61. The molecule has 1 saturated heterocycles. The molecule has 1 N–H and O–H groups in total. The Hall–Kier alpha value is -2.62. The molecule has 0 bridgehead atoms. The van der Waals surface area contributed by atoms with Crippen LogP contribution in [-0.2, 0) is 0 Å². The lowest BCUT2D eigenvalue weighted by molar-refractivity contribution is -0.384. The minimum atomic E-state index is -0.483. The number of nitrogens with one attached hydrogen (secondary N) is 1. The SMILES string of the molecule is COc1ccc(Cl)cc1C(=O)NC(=S)N1CCN(c2ccc([N+](=O)[O-])cc2Cl)CC1. The van der Waals surface area contributed by atoms with Gasteiger partial charge in [0.15, 0.2) is 5.11 Å². The van der Waals surface area contributed by atoms with E-state index < -0.39 is 10.8 Å². The number of benzene rings is 2. The Bertz CT molecular complexity index is 996. The van der Waals surface area contributed by atoms with Crippen LogP contribution in [-0.4, -0.2) is 54.1 Å². The molecule has 0 spiro atoms. The molecule has 1 fully saturated rings. The van der Waals surface area contributed by atoms with E-state index in [1.165, 1.54) is 25.3 Å². The first-order valence-corrected chi connectivity index (χ1v) is 10.1. The lowest BCUT2D eigenvalue weighted by atomic mass is 10.2. The highest BCUT2D eigenvalue weighted by Crippen LogP contribution is 2.30. The zero-order valence-electron chi connectivity index (χ0n) is 15.9. The number of methoxy groups -OCH3 is 1. The van der Waals surface area contributed by atoms with E-state index in [1.54, 1.807) is 18.2 Å². The van der Waals surface area contributed by atoms with Crippen molar-refractivity contribution in [1.82, 2.24) is 10.2 Å². The quantitative estimate of drug-likeness (QED) is 0.415. The van der Waals surface area contributed by atoms with Gasteiger partial charge < -0.3 is 14.5 Å². The van der Waals surface area contributed by atoms with Crippen LogP contribution in [0.2, 0.25) is 10.0 Å². The van der Waals surface area contributed by atoms with Crippen molar-refractivity contribution in [3.05, 3.63) is 62.1 Å². The van der Waals surface area contributed by atoms with Crippen molar-refractivity contribution in [2.75, 3.05) is 38.2 Å². The summed E-state index contributed by atoms with van der Waals surface area (Å²) in [4.78, 5) is 26.9. The Kier molecular flexibility index (Phi) is 6.96. The van der Waals surface area contributed by atoms with E-state index in [0.29, 0.717) is 52.6 Å². The van der Waals surface area contributed by atoms with Crippen LogP contribution < -0.4 is 15.0 Å². The molecule has 2 aromatic rings. The molecule has 0 aliphatic carbocycles. The maximum atomic E-state index is 12.6. The van der Waals surface area contributed by atoms with Crippen LogP contribution in [0.15, 0.2) is 36.4 Å². The molecule has 0 saturated carbocycles. The first-order valence-electron chi connectivity index (χ1n) is 8.93. The summed E-state index contributed by atoms with van der Waals surface area (Å²) in [6.45, 7) is 2.29. The van der Waals surface area contributed by atoms with Crippen molar-refractivity contribution < 1.29 is 14.5 Å². The van der Waals surface area contributed by atoms with Crippen LogP contribution in [0.3, 0.4) is 0 Å². The highest BCUT2D eigenvalue weighted by atomic mass is 35.5. The highest BCUT2D eigenvalue weighted by molar-refractivity contribution is 7.80. The number of nitro benzene ring substituents is 1. The van der Waals surface area contributed by atoms with Gasteiger partial charge in [-0.2, -0.15) is 0 Å². The zero-order chi connectivity index (χ0) is 21.8. The van der Waals surface area contributed by atoms with Gasteiger partial charge >= 0.3 is 0 Å². The van der Waals surface area contributed by atoms with Gasteiger partial charge in [0.1, 0.15) is 5.75 Å². The molecule has 1 amide bonds. The van der Waals surface area contributed by atoms with E-state index in [0.717, 1.165) is 5.69 Å². The van der Waals surface area contributed by atoms with Crippen LogP contribution in [0.25, 0.3) is 0 Å². The van der Waals surface area contributed by atoms with Crippen molar-refractivity contribution in [2.45, 2.75) is 0 Å². The number of halogens is 2. The van der Waals surface area contributed by atoms with Gasteiger partial charge in [-0.1, -0.05) is 23.2 Å². The fourth-order valence-electron chi connectivity index (χ4n) is 3.12. The minimum Gasteiger partial charge on any atom is -0.496 e. The van der Waals surface area contributed by atoms with Crippen molar-refractivity contribution >= 4 is 57.8 Å². The Morgan fingerprint density at radius 2 is 1.87 bits per heavy atom. The average Bonchev–Trinajstić information content (AvgIpc) is 2.73. The number of non-ortho nitro benzene ring substituents is 1. The van der Waals surface area contributed by atoms with E-state index in [4.69, 9.17) is 40.2 Å². The number of ether oxygens (including phenoxy) is 1. The summed E-state index contributed by atoms with van der Waals surface area (Å²) in [5.41, 5.74) is 0.965. The van der Waals surface area contributed by atoms with E-state index in [2.05, 4.69) is 5.32 Å². The molecule has 1 heterocycles. The number of hydrogen-bond acceptors (Lipinski definition) is 6. The second-order valence-electron chi connectivity index (χ2n) is 6.47. The fourth-order valence-corrected chi connectivity index (χ4v) is 3.86. The normalized spacial score (nSPS) is 13.7. The van der Waals surface area contributed by atoms with Crippen LogP contribution in [0.4, 0.5) is 11.4 Å². The standard InChI is InChI=1S/C19H18Cl2N4O4S/c1-29-17-5-2-12(20)10-14(17)18(26)22-19(30)24-8-6-23(7-9-24)16-4-3-13(25(27)28)11-15(16)21/h2-5,10-11H,6-9H2,1H3,(H,22,26,30). The predicted octanol–water partition coefficient (Wildman–Crippen LogP) is 3.75. The molecule has 0 unspecified atom stereocenters. The summed E-state index contributed by atoms with van der Waals surface area (Å²) in [5, 5.41) is 14.6. The van der Waals surface area contributed by atoms with Gasteiger partial charge in [0.2, 0.25) is 0 Å². The molecule has 0 radical (unpaired) electrons. The third-order valence-electron chi connectivity index (χ3n) is 4.68. The summed E-state index contributed by atoms with van der Waals surface area (Å²) >= 11 is 17.6. The van der Waals surface area contributed by atoms with Gasteiger partial charge in [-0.3, -0.25) is 20.2 Å². The zero-order valence-corrected chi connectivity index (χ0v) is 18.3. The second kappa shape index (κ2) is 9.46. The predicted molar refractivity (Wildman–Crippen MR) is 120 cm³/mol. The van der Waals surface area contributed by atoms with Crippen molar-refractivity contribution in [1.29, 1.82) is 0 Å². The number of thiocarbonyl (C=S) groups is 1. The largest absolute Gasteiger partial charge is 0.496 e. The van der Waals surface area contributed by atoms with E-state index in [-0.39, 0.29) is 5.69 Å². The second-order valence-corrected chi connectivity index (χ2v) is 7.70. The number of carbonyl (C=O) groups excluding carboxylic acids is 1. The highest BCUT2D eigenvalue weighted by Gasteiger charge is 2.23. The first-order chi connectivity index (χ1) is 14.3. The molecule has 0 aromatic heterocycles. The maximum Gasteiger partial charge on any atom is 0.271 e. The molecule has 1 aliphatic heterocycles. The summed E-state index contributed by atoms with van der Waals surface area (Å²) in [5.74, 6) is -0.00229. The van der Waals surface area contributed by atoms with Crippen molar-refractivity contribution in [3.63, 3.8) is 0 Å². The van der Waals surface area contributed by atoms with Crippen LogP contribution in [0.5, 0.6) is 5.75 Å². The van der Waals surface area contributed by atoms with Crippen LogP contribution >= 0.6 is 35.4 Å². The number of amides is 1. The summed E-state index contributed by atoms with van der Waals surface area (Å²) in [6, 6.07) is 9.18. The Morgan fingerprint density at radius 3 is 2.47 bits per heavy atom. The third-order valence-corrected chi connectivity index (χ3v) is 5.57. The molecular formula is C19H18Cl2N4O4S. The fraction of sp³-hybridized carbons (Fsp3) is 0.263. The number of nitro groups is 1. The third kappa shape index (κ3) is 4.92. The number of piperazine rings is 1.